The molecule has 5 heteroatoms. The van der Waals surface area contributed by atoms with Gasteiger partial charge < -0.3 is 16.0 Å². The summed E-state index contributed by atoms with van der Waals surface area (Å²) in [7, 11) is 3.44. The lowest BCUT2D eigenvalue weighted by Gasteiger charge is -2.11. The number of hydrogen-bond acceptors (Lipinski definition) is 3. The van der Waals surface area contributed by atoms with E-state index < -0.39 is 6.04 Å². The Hall–Kier alpha value is -1.88. The minimum atomic E-state index is -0.498. The van der Waals surface area contributed by atoms with Crippen LogP contribution in [0.2, 0.25) is 0 Å². The van der Waals surface area contributed by atoms with Crippen LogP contribution in [-0.2, 0) is 11.2 Å². The summed E-state index contributed by atoms with van der Waals surface area (Å²) in [6.45, 7) is 2.16. The summed E-state index contributed by atoms with van der Waals surface area (Å²) in [4.78, 5) is 24.6. The number of carbonyl (C=O) groups is 2. The first-order valence-corrected chi connectivity index (χ1v) is 6.25. The van der Waals surface area contributed by atoms with Crippen LogP contribution in [0.4, 0.5) is 0 Å². The van der Waals surface area contributed by atoms with Gasteiger partial charge >= 0.3 is 0 Å². The standard InChI is InChI=1S/C14H21N3O2/c1-10(15)13(18)16-8-7-11-5-4-6-12(9-11)14(19)17(2)3/h4-6,9-10H,7-8,15H2,1-3H3,(H,16,18)/t10-/m1/s1. The van der Waals surface area contributed by atoms with E-state index in [-0.39, 0.29) is 11.8 Å². The van der Waals surface area contributed by atoms with Crippen molar-refractivity contribution in [1.29, 1.82) is 0 Å². The van der Waals surface area contributed by atoms with Gasteiger partial charge in [0.05, 0.1) is 6.04 Å². The normalized spacial score (nSPS) is 11.8. The first-order chi connectivity index (χ1) is 8.91. The molecule has 0 bridgehead atoms. The van der Waals surface area contributed by atoms with Crippen LogP contribution >= 0.6 is 0 Å². The SMILES string of the molecule is C[C@@H](N)C(=O)NCCc1cccc(C(=O)N(C)C)c1. The molecule has 0 aliphatic carbocycles. The summed E-state index contributed by atoms with van der Waals surface area (Å²) in [5.41, 5.74) is 7.12. The third-order valence-corrected chi connectivity index (χ3v) is 2.71. The minimum absolute atomic E-state index is 0.0264. The number of carbonyl (C=O) groups excluding carboxylic acids is 2. The van der Waals surface area contributed by atoms with Crippen molar-refractivity contribution in [2.45, 2.75) is 19.4 Å². The predicted molar refractivity (Wildman–Crippen MR) is 74.8 cm³/mol. The van der Waals surface area contributed by atoms with Gasteiger partial charge in [-0.2, -0.15) is 0 Å². The number of rotatable bonds is 5. The highest BCUT2D eigenvalue weighted by atomic mass is 16.2. The van der Waals surface area contributed by atoms with E-state index in [1.54, 1.807) is 27.1 Å². The van der Waals surface area contributed by atoms with Gasteiger partial charge in [-0.05, 0) is 31.0 Å². The maximum Gasteiger partial charge on any atom is 0.253 e. The van der Waals surface area contributed by atoms with Crippen molar-refractivity contribution in [1.82, 2.24) is 10.2 Å². The fraction of sp³-hybridized carbons (Fsp3) is 0.429. The smallest absolute Gasteiger partial charge is 0.253 e. The highest BCUT2D eigenvalue weighted by Crippen LogP contribution is 2.07. The maximum absolute atomic E-state index is 11.8. The zero-order valence-electron chi connectivity index (χ0n) is 11.6. The second kappa shape index (κ2) is 6.89. The van der Waals surface area contributed by atoms with Crippen molar-refractivity contribution in [3.63, 3.8) is 0 Å². The summed E-state index contributed by atoms with van der Waals surface area (Å²) in [6, 6.07) is 6.91. The summed E-state index contributed by atoms with van der Waals surface area (Å²) >= 11 is 0. The Morgan fingerprint density at radius 2 is 2.05 bits per heavy atom. The number of amides is 2. The van der Waals surface area contributed by atoms with Crippen molar-refractivity contribution < 1.29 is 9.59 Å². The molecule has 0 aliphatic rings. The molecule has 5 nitrogen and oxygen atoms in total. The molecule has 2 amide bonds. The van der Waals surface area contributed by atoms with E-state index in [1.165, 1.54) is 4.90 Å². The van der Waals surface area contributed by atoms with Crippen molar-refractivity contribution >= 4 is 11.8 Å². The molecule has 0 aromatic heterocycles. The van der Waals surface area contributed by atoms with E-state index in [9.17, 15) is 9.59 Å². The average Bonchev–Trinajstić information content (AvgIpc) is 2.37. The summed E-state index contributed by atoms with van der Waals surface area (Å²) < 4.78 is 0. The Balaban J connectivity index is 2.58. The van der Waals surface area contributed by atoms with Gasteiger partial charge in [0.2, 0.25) is 5.91 Å². The zero-order chi connectivity index (χ0) is 14.4. The van der Waals surface area contributed by atoms with Crippen molar-refractivity contribution in [3.8, 4) is 0 Å². The molecule has 0 spiro atoms. The molecule has 0 heterocycles. The Bertz CT molecular complexity index is 456. The summed E-state index contributed by atoms with van der Waals surface area (Å²) in [5.74, 6) is -0.193. The molecule has 19 heavy (non-hydrogen) atoms. The van der Waals surface area contributed by atoms with E-state index >= 15 is 0 Å². The van der Waals surface area contributed by atoms with Crippen LogP contribution in [0.25, 0.3) is 0 Å². The van der Waals surface area contributed by atoms with E-state index in [2.05, 4.69) is 5.32 Å². The highest BCUT2D eigenvalue weighted by molar-refractivity contribution is 5.94. The molecule has 3 N–H and O–H groups in total. The van der Waals surface area contributed by atoms with E-state index in [0.29, 0.717) is 18.5 Å². The number of benzene rings is 1. The monoisotopic (exact) mass is 263 g/mol. The number of nitrogens with one attached hydrogen (secondary N) is 1. The minimum Gasteiger partial charge on any atom is -0.354 e. The second-order valence-electron chi connectivity index (χ2n) is 4.73. The first-order valence-electron chi connectivity index (χ1n) is 6.25. The Kier molecular flexibility index (Phi) is 5.51. The number of hydrogen-bond donors (Lipinski definition) is 2. The summed E-state index contributed by atoms with van der Waals surface area (Å²) in [5, 5.41) is 2.74. The Morgan fingerprint density at radius 1 is 1.37 bits per heavy atom. The summed E-state index contributed by atoms with van der Waals surface area (Å²) in [6.07, 6.45) is 0.674. The fourth-order valence-corrected chi connectivity index (χ4v) is 1.61. The van der Waals surface area contributed by atoms with Crippen LogP contribution in [0.3, 0.4) is 0 Å². The molecule has 1 rings (SSSR count). The molecule has 0 fully saturated rings. The van der Waals surface area contributed by atoms with Crippen molar-refractivity contribution in [2.24, 2.45) is 5.73 Å². The van der Waals surface area contributed by atoms with Crippen LogP contribution in [0.1, 0.15) is 22.8 Å². The molecule has 0 radical (unpaired) electrons. The largest absolute Gasteiger partial charge is 0.354 e. The van der Waals surface area contributed by atoms with Gasteiger partial charge in [-0.1, -0.05) is 12.1 Å². The zero-order valence-corrected chi connectivity index (χ0v) is 11.6. The topological polar surface area (TPSA) is 75.4 Å². The highest BCUT2D eigenvalue weighted by Gasteiger charge is 2.09. The van der Waals surface area contributed by atoms with E-state index in [0.717, 1.165) is 5.56 Å². The lowest BCUT2D eigenvalue weighted by atomic mass is 10.1. The first kappa shape index (κ1) is 15.2. The maximum atomic E-state index is 11.8. The van der Waals surface area contributed by atoms with Crippen LogP contribution in [0, 0.1) is 0 Å². The molecule has 0 aliphatic heterocycles. The lowest BCUT2D eigenvalue weighted by molar-refractivity contribution is -0.121. The van der Waals surface area contributed by atoms with Crippen LogP contribution in [0.5, 0.6) is 0 Å². The van der Waals surface area contributed by atoms with Gasteiger partial charge in [0.15, 0.2) is 0 Å². The third-order valence-electron chi connectivity index (χ3n) is 2.71. The fourth-order valence-electron chi connectivity index (χ4n) is 1.61. The Morgan fingerprint density at radius 3 is 2.63 bits per heavy atom. The quantitative estimate of drug-likeness (QED) is 0.807. The molecule has 0 unspecified atom stereocenters. The van der Waals surface area contributed by atoms with E-state index in [4.69, 9.17) is 5.73 Å². The van der Waals surface area contributed by atoms with Gasteiger partial charge in [0.1, 0.15) is 0 Å². The van der Waals surface area contributed by atoms with Crippen molar-refractivity contribution in [2.75, 3.05) is 20.6 Å². The van der Waals surface area contributed by atoms with Gasteiger partial charge in [0, 0.05) is 26.2 Å². The molecule has 0 saturated carbocycles. The molecule has 1 aromatic carbocycles. The van der Waals surface area contributed by atoms with Gasteiger partial charge in [-0.15, -0.1) is 0 Å². The third kappa shape index (κ3) is 4.71. The molecular formula is C14H21N3O2. The second-order valence-corrected chi connectivity index (χ2v) is 4.73. The van der Waals surface area contributed by atoms with Crippen molar-refractivity contribution in [3.05, 3.63) is 35.4 Å². The molecule has 0 saturated heterocycles. The lowest BCUT2D eigenvalue weighted by Crippen LogP contribution is -2.39. The van der Waals surface area contributed by atoms with Crippen LogP contribution in [-0.4, -0.2) is 43.4 Å². The molecule has 1 aromatic rings. The average molecular weight is 263 g/mol. The predicted octanol–water partition coefficient (Wildman–Crippen LogP) is 0.394. The molecule has 104 valence electrons. The van der Waals surface area contributed by atoms with Crippen LogP contribution < -0.4 is 11.1 Å². The number of nitrogens with two attached hydrogens (primary N) is 1. The molecule has 1 atom stereocenters. The molecular weight excluding hydrogens is 242 g/mol. The van der Waals surface area contributed by atoms with E-state index in [1.807, 2.05) is 18.2 Å². The van der Waals surface area contributed by atoms with Gasteiger partial charge in [0.25, 0.3) is 5.91 Å². The van der Waals surface area contributed by atoms with Crippen LogP contribution in [0.15, 0.2) is 24.3 Å². The number of nitrogens with zero attached hydrogens (tertiary/aromatic N) is 1. The Labute approximate surface area is 113 Å². The van der Waals surface area contributed by atoms with Gasteiger partial charge in [-0.3, -0.25) is 9.59 Å². The van der Waals surface area contributed by atoms with Gasteiger partial charge in [-0.25, -0.2) is 0 Å².